The second kappa shape index (κ2) is 6.88. The SMILES string of the molecule is O=C(N/N=C\c1cccc(O)c1)c1sc2cc([N+](=O)[O-])ccc2c1Cl. The number of nitro benzene ring substituents is 1. The average molecular weight is 376 g/mol. The van der Waals surface area contributed by atoms with E-state index < -0.39 is 10.8 Å². The summed E-state index contributed by atoms with van der Waals surface area (Å²) in [6.45, 7) is 0. The zero-order valence-electron chi connectivity index (χ0n) is 12.5. The number of hydrogen-bond donors (Lipinski definition) is 2. The topological polar surface area (TPSA) is 105 Å². The molecule has 0 saturated heterocycles. The number of rotatable bonds is 4. The molecule has 7 nitrogen and oxygen atoms in total. The zero-order chi connectivity index (χ0) is 18.0. The number of benzene rings is 2. The molecule has 1 heterocycles. The Morgan fingerprint density at radius 1 is 1.32 bits per heavy atom. The maximum Gasteiger partial charge on any atom is 0.283 e. The minimum atomic E-state index is -0.523. The van der Waals surface area contributed by atoms with Crippen LogP contribution in [0.15, 0.2) is 47.6 Å². The summed E-state index contributed by atoms with van der Waals surface area (Å²) in [7, 11) is 0. The molecule has 0 aliphatic heterocycles. The van der Waals surface area contributed by atoms with Gasteiger partial charge < -0.3 is 5.11 Å². The number of carbonyl (C=O) groups is 1. The van der Waals surface area contributed by atoms with Crippen LogP contribution in [0.3, 0.4) is 0 Å². The van der Waals surface area contributed by atoms with Gasteiger partial charge in [-0.15, -0.1) is 11.3 Å². The van der Waals surface area contributed by atoms with E-state index in [0.717, 1.165) is 11.3 Å². The number of fused-ring (bicyclic) bond motifs is 1. The quantitative estimate of drug-likeness (QED) is 0.409. The molecule has 1 amide bonds. The fourth-order valence-corrected chi connectivity index (χ4v) is 3.57. The van der Waals surface area contributed by atoms with Gasteiger partial charge in [0.05, 0.1) is 16.2 Å². The van der Waals surface area contributed by atoms with E-state index >= 15 is 0 Å². The number of nitrogens with zero attached hydrogens (tertiary/aromatic N) is 2. The van der Waals surface area contributed by atoms with Gasteiger partial charge in [-0.05, 0) is 23.8 Å². The van der Waals surface area contributed by atoms with Gasteiger partial charge in [0.2, 0.25) is 0 Å². The van der Waals surface area contributed by atoms with Gasteiger partial charge in [0.1, 0.15) is 10.6 Å². The highest BCUT2D eigenvalue weighted by atomic mass is 35.5. The van der Waals surface area contributed by atoms with Crippen LogP contribution < -0.4 is 5.43 Å². The van der Waals surface area contributed by atoms with Crippen LogP contribution in [0.4, 0.5) is 5.69 Å². The minimum absolute atomic E-state index is 0.0701. The third-order valence-corrected chi connectivity index (χ3v) is 4.94. The van der Waals surface area contributed by atoms with Gasteiger partial charge in [0.25, 0.3) is 11.6 Å². The van der Waals surface area contributed by atoms with Crippen molar-refractivity contribution in [1.29, 1.82) is 0 Å². The van der Waals surface area contributed by atoms with Crippen molar-refractivity contribution in [3.05, 3.63) is 68.0 Å². The Morgan fingerprint density at radius 2 is 2.12 bits per heavy atom. The van der Waals surface area contributed by atoms with Crippen LogP contribution >= 0.6 is 22.9 Å². The third kappa shape index (κ3) is 3.59. The molecule has 1 aromatic heterocycles. The predicted octanol–water partition coefficient (Wildman–Crippen LogP) is 3.93. The first-order valence-corrected chi connectivity index (χ1v) is 8.14. The minimum Gasteiger partial charge on any atom is -0.508 e. The van der Waals surface area contributed by atoms with Crippen molar-refractivity contribution >= 4 is 50.8 Å². The van der Waals surface area contributed by atoms with E-state index in [0.29, 0.717) is 15.6 Å². The molecule has 0 bridgehead atoms. The number of nitrogens with one attached hydrogen (secondary N) is 1. The predicted molar refractivity (Wildman–Crippen MR) is 96.7 cm³/mol. The lowest BCUT2D eigenvalue weighted by atomic mass is 10.2. The first kappa shape index (κ1) is 16.9. The molecule has 0 aliphatic carbocycles. The molecule has 0 spiro atoms. The Morgan fingerprint density at radius 3 is 2.84 bits per heavy atom. The van der Waals surface area contributed by atoms with Gasteiger partial charge >= 0.3 is 0 Å². The summed E-state index contributed by atoms with van der Waals surface area (Å²) < 4.78 is 0.543. The van der Waals surface area contributed by atoms with E-state index in [1.165, 1.54) is 36.5 Å². The molecular weight excluding hydrogens is 366 g/mol. The molecule has 0 aliphatic rings. The number of aromatic hydroxyl groups is 1. The number of phenols is 1. The standard InChI is InChI=1S/C16H10ClN3O4S/c17-14-12-5-4-10(20(23)24)7-13(12)25-15(14)16(22)19-18-8-9-2-1-3-11(21)6-9/h1-8,21H,(H,19,22)/b18-8-. The molecule has 3 aromatic rings. The zero-order valence-corrected chi connectivity index (χ0v) is 14.0. The van der Waals surface area contributed by atoms with Crippen molar-refractivity contribution in [3.8, 4) is 5.75 Å². The highest BCUT2D eigenvalue weighted by Crippen LogP contribution is 2.37. The van der Waals surface area contributed by atoms with Gasteiger partial charge in [0, 0.05) is 22.2 Å². The molecule has 0 unspecified atom stereocenters. The van der Waals surface area contributed by atoms with Crippen LogP contribution in [-0.4, -0.2) is 22.2 Å². The monoisotopic (exact) mass is 375 g/mol. The number of non-ortho nitro benzene ring substituents is 1. The number of halogens is 1. The molecule has 2 N–H and O–H groups in total. The lowest BCUT2D eigenvalue weighted by Crippen LogP contribution is -2.16. The van der Waals surface area contributed by atoms with E-state index in [9.17, 15) is 20.0 Å². The fraction of sp³-hybridized carbons (Fsp3) is 0. The number of amides is 1. The van der Waals surface area contributed by atoms with Crippen LogP contribution in [0.1, 0.15) is 15.2 Å². The number of hydrogen-bond acceptors (Lipinski definition) is 6. The van der Waals surface area contributed by atoms with Gasteiger partial charge in [0.15, 0.2) is 0 Å². The second-order valence-corrected chi connectivity index (χ2v) is 6.41. The van der Waals surface area contributed by atoms with Crippen molar-refractivity contribution in [2.24, 2.45) is 5.10 Å². The Balaban J connectivity index is 1.82. The van der Waals surface area contributed by atoms with Crippen molar-refractivity contribution in [2.45, 2.75) is 0 Å². The molecule has 0 atom stereocenters. The first-order valence-electron chi connectivity index (χ1n) is 6.94. The summed E-state index contributed by atoms with van der Waals surface area (Å²) in [5.74, 6) is -0.435. The van der Waals surface area contributed by atoms with Crippen molar-refractivity contribution < 1.29 is 14.8 Å². The maximum absolute atomic E-state index is 12.2. The second-order valence-electron chi connectivity index (χ2n) is 4.98. The molecule has 126 valence electrons. The Labute approximate surface area is 150 Å². The van der Waals surface area contributed by atoms with E-state index in [2.05, 4.69) is 10.5 Å². The highest BCUT2D eigenvalue weighted by Gasteiger charge is 2.18. The van der Waals surface area contributed by atoms with E-state index in [1.807, 2.05) is 0 Å². The number of thiophene rings is 1. The smallest absolute Gasteiger partial charge is 0.283 e. The van der Waals surface area contributed by atoms with E-state index in [1.54, 1.807) is 12.1 Å². The van der Waals surface area contributed by atoms with E-state index in [4.69, 9.17) is 11.6 Å². The number of nitro groups is 1. The van der Waals surface area contributed by atoms with Crippen molar-refractivity contribution in [1.82, 2.24) is 5.43 Å². The van der Waals surface area contributed by atoms with Crippen LogP contribution in [0.2, 0.25) is 5.02 Å². The van der Waals surface area contributed by atoms with Crippen molar-refractivity contribution in [2.75, 3.05) is 0 Å². The Bertz CT molecular complexity index is 1020. The molecule has 3 rings (SSSR count). The summed E-state index contributed by atoms with van der Waals surface area (Å²) in [4.78, 5) is 22.8. The Hall–Kier alpha value is -2.97. The largest absolute Gasteiger partial charge is 0.508 e. The molecule has 0 radical (unpaired) electrons. The number of phenolic OH excluding ortho intramolecular Hbond substituents is 1. The lowest BCUT2D eigenvalue weighted by molar-refractivity contribution is -0.384. The van der Waals surface area contributed by atoms with Crippen LogP contribution in [-0.2, 0) is 0 Å². The summed E-state index contributed by atoms with van der Waals surface area (Å²) in [6.07, 6.45) is 1.38. The summed E-state index contributed by atoms with van der Waals surface area (Å²) in [5, 5.41) is 24.8. The van der Waals surface area contributed by atoms with Gasteiger partial charge in [-0.25, -0.2) is 5.43 Å². The molecule has 0 saturated carbocycles. The first-order chi connectivity index (χ1) is 12.0. The van der Waals surface area contributed by atoms with E-state index in [-0.39, 0.29) is 21.3 Å². The molecule has 9 heteroatoms. The van der Waals surface area contributed by atoms with Crippen molar-refractivity contribution in [3.63, 3.8) is 0 Å². The van der Waals surface area contributed by atoms with Gasteiger partial charge in [-0.1, -0.05) is 23.7 Å². The summed E-state index contributed by atoms with van der Waals surface area (Å²) >= 11 is 7.25. The number of hydrazone groups is 1. The molecule has 0 fully saturated rings. The lowest BCUT2D eigenvalue weighted by Gasteiger charge is -1.98. The molecule has 2 aromatic carbocycles. The highest BCUT2D eigenvalue weighted by molar-refractivity contribution is 7.21. The van der Waals surface area contributed by atoms with Gasteiger partial charge in [-0.3, -0.25) is 14.9 Å². The van der Waals surface area contributed by atoms with Crippen LogP contribution in [0.5, 0.6) is 5.75 Å². The Kier molecular flexibility index (Phi) is 4.64. The third-order valence-electron chi connectivity index (χ3n) is 3.28. The average Bonchev–Trinajstić information content (AvgIpc) is 2.91. The molecule has 25 heavy (non-hydrogen) atoms. The molecular formula is C16H10ClN3O4S. The maximum atomic E-state index is 12.2. The number of carbonyl (C=O) groups excluding carboxylic acids is 1. The summed E-state index contributed by atoms with van der Waals surface area (Å²) in [5.41, 5.74) is 2.89. The van der Waals surface area contributed by atoms with Gasteiger partial charge in [-0.2, -0.15) is 5.10 Å². The van der Waals surface area contributed by atoms with Crippen LogP contribution in [0, 0.1) is 10.1 Å². The normalized spacial score (nSPS) is 11.1. The summed E-state index contributed by atoms with van der Waals surface area (Å²) in [6, 6.07) is 10.6. The van der Waals surface area contributed by atoms with Crippen LogP contribution in [0.25, 0.3) is 10.1 Å². The fourth-order valence-electron chi connectivity index (χ4n) is 2.13.